The SMILES string of the molecule is CCCCC(CC)N1CCN(CCc2ccc(N)cc2F)CC1. The summed E-state index contributed by atoms with van der Waals surface area (Å²) >= 11 is 0. The van der Waals surface area contributed by atoms with Crippen molar-refractivity contribution in [3.8, 4) is 0 Å². The molecule has 130 valence electrons. The third-order valence-electron chi connectivity index (χ3n) is 5.06. The fourth-order valence-corrected chi connectivity index (χ4v) is 3.48. The summed E-state index contributed by atoms with van der Waals surface area (Å²) in [5.74, 6) is -0.172. The number of nitrogens with two attached hydrogens (primary N) is 1. The highest BCUT2D eigenvalue weighted by molar-refractivity contribution is 5.40. The van der Waals surface area contributed by atoms with E-state index in [0.29, 0.717) is 5.69 Å². The predicted molar refractivity (Wildman–Crippen MR) is 96.1 cm³/mol. The molecular formula is C19H32FN3. The van der Waals surface area contributed by atoms with Gasteiger partial charge in [-0.2, -0.15) is 0 Å². The molecule has 0 saturated carbocycles. The molecule has 4 heteroatoms. The summed E-state index contributed by atoms with van der Waals surface area (Å²) in [5.41, 5.74) is 6.87. The second kappa shape index (κ2) is 9.24. The molecule has 0 amide bonds. The molecule has 1 unspecified atom stereocenters. The molecular weight excluding hydrogens is 289 g/mol. The minimum absolute atomic E-state index is 0.172. The van der Waals surface area contributed by atoms with Gasteiger partial charge in [0, 0.05) is 44.5 Å². The quantitative estimate of drug-likeness (QED) is 0.743. The van der Waals surface area contributed by atoms with Crippen LogP contribution in [0.2, 0.25) is 0 Å². The molecule has 0 bridgehead atoms. The molecule has 1 aliphatic heterocycles. The smallest absolute Gasteiger partial charge is 0.128 e. The van der Waals surface area contributed by atoms with Crippen LogP contribution >= 0.6 is 0 Å². The van der Waals surface area contributed by atoms with Crippen molar-refractivity contribution < 1.29 is 4.39 Å². The number of hydrogen-bond donors (Lipinski definition) is 1. The third-order valence-corrected chi connectivity index (χ3v) is 5.06. The van der Waals surface area contributed by atoms with Crippen molar-refractivity contribution in [1.82, 2.24) is 9.80 Å². The molecule has 23 heavy (non-hydrogen) atoms. The van der Waals surface area contributed by atoms with E-state index in [2.05, 4.69) is 23.6 Å². The van der Waals surface area contributed by atoms with Crippen LogP contribution in [0.15, 0.2) is 18.2 Å². The number of rotatable bonds is 8. The van der Waals surface area contributed by atoms with E-state index in [-0.39, 0.29) is 5.82 Å². The van der Waals surface area contributed by atoms with Crippen LogP contribution < -0.4 is 5.73 Å². The lowest BCUT2D eigenvalue weighted by Gasteiger charge is -2.39. The van der Waals surface area contributed by atoms with Crippen LogP contribution in [0.1, 0.15) is 45.1 Å². The van der Waals surface area contributed by atoms with Crippen molar-refractivity contribution in [3.05, 3.63) is 29.6 Å². The van der Waals surface area contributed by atoms with Crippen LogP contribution in [0.3, 0.4) is 0 Å². The Morgan fingerprint density at radius 1 is 1.17 bits per heavy atom. The number of nitrogens with zero attached hydrogens (tertiary/aromatic N) is 2. The molecule has 1 aromatic carbocycles. The maximum Gasteiger partial charge on any atom is 0.128 e. The van der Waals surface area contributed by atoms with E-state index < -0.39 is 0 Å². The van der Waals surface area contributed by atoms with Gasteiger partial charge in [-0.1, -0.05) is 32.8 Å². The summed E-state index contributed by atoms with van der Waals surface area (Å²) in [7, 11) is 0. The number of halogens is 1. The van der Waals surface area contributed by atoms with Gasteiger partial charge in [0.15, 0.2) is 0 Å². The minimum atomic E-state index is -0.172. The number of nitrogen functional groups attached to an aromatic ring is 1. The van der Waals surface area contributed by atoms with Crippen molar-refractivity contribution in [2.45, 2.75) is 52.0 Å². The number of hydrogen-bond acceptors (Lipinski definition) is 3. The Morgan fingerprint density at radius 2 is 1.91 bits per heavy atom. The van der Waals surface area contributed by atoms with Gasteiger partial charge in [-0.3, -0.25) is 4.90 Å². The van der Waals surface area contributed by atoms with Crippen LogP contribution in [-0.4, -0.2) is 48.6 Å². The summed E-state index contributed by atoms with van der Waals surface area (Å²) in [6.07, 6.45) is 5.94. The average molecular weight is 321 g/mol. The van der Waals surface area contributed by atoms with E-state index in [1.165, 1.54) is 31.7 Å². The van der Waals surface area contributed by atoms with Gasteiger partial charge >= 0.3 is 0 Å². The zero-order chi connectivity index (χ0) is 16.7. The van der Waals surface area contributed by atoms with Gasteiger partial charge in [-0.15, -0.1) is 0 Å². The maximum absolute atomic E-state index is 13.8. The molecule has 1 fully saturated rings. The Morgan fingerprint density at radius 3 is 2.52 bits per heavy atom. The van der Waals surface area contributed by atoms with Gasteiger partial charge in [-0.05, 0) is 37.0 Å². The van der Waals surface area contributed by atoms with Crippen LogP contribution in [-0.2, 0) is 6.42 Å². The van der Waals surface area contributed by atoms with Gasteiger partial charge in [0.1, 0.15) is 5.82 Å². The molecule has 1 saturated heterocycles. The number of unbranched alkanes of at least 4 members (excludes halogenated alkanes) is 1. The van der Waals surface area contributed by atoms with E-state index in [1.54, 1.807) is 6.07 Å². The first-order chi connectivity index (χ1) is 11.1. The van der Waals surface area contributed by atoms with Gasteiger partial charge in [0.2, 0.25) is 0 Å². The lowest BCUT2D eigenvalue weighted by atomic mass is 10.0. The largest absolute Gasteiger partial charge is 0.399 e. The minimum Gasteiger partial charge on any atom is -0.399 e. The fourth-order valence-electron chi connectivity index (χ4n) is 3.48. The second-order valence-electron chi connectivity index (χ2n) is 6.68. The number of benzene rings is 1. The van der Waals surface area contributed by atoms with Crippen LogP contribution in [0, 0.1) is 5.82 Å². The van der Waals surface area contributed by atoms with Gasteiger partial charge in [0.25, 0.3) is 0 Å². The highest BCUT2D eigenvalue weighted by Crippen LogP contribution is 2.16. The highest BCUT2D eigenvalue weighted by Gasteiger charge is 2.22. The summed E-state index contributed by atoms with van der Waals surface area (Å²) < 4.78 is 13.8. The van der Waals surface area contributed by atoms with Gasteiger partial charge in [0.05, 0.1) is 0 Å². The van der Waals surface area contributed by atoms with Crippen molar-refractivity contribution in [2.24, 2.45) is 0 Å². The second-order valence-corrected chi connectivity index (χ2v) is 6.68. The summed E-state index contributed by atoms with van der Waals surface area (Å²) in [4.78, 5) is 5.11. The van der Waals surface area contributed by atoms with Crippen LogP contribution in [0.5, 0.6) is 0 Å². The summed E-state index contributed by atoms with van der Waals surface area (Å²) in [5, 5.41) is 0. The van der Waals surface area contributed by atoms with E-state index >= 15 is 0 Å². The summed E-state index contributed by atoms with van der Waals surface area (Å²) in [6.45, 7) is 9.98. The van der Waals surface area contributed by atoms with Gasteiger partial charge in [-0.25, -0.2) is 4.39 Å². The molecule has 2 rings (SSSR count). The monoisotopic (exact) mass is 321 g/mol. The molecule has 1 atom stereocenters. The van der Waals surface area contributed by atoms with Gasteiger partial charge < -0.3 is 10.6 Å². The number of piperazine rings is 1. The molecule has 0 aliphatic carbocycles. The Bertz CT molecular complexity index is 470. The molecule has 3 nitrogen and oxygen atoms in total. The first kappa shape index (κ1) is 18.2. The standard InChI is InChI=1S/C19H32FN3/c1-3-5-6-18(4-2)23-13-11-22(12-14-23)10-9-16-7-8-17(21)15-19(16)20/h7-8,15,18H,3-6,9-14,21H2,1-2H3. The van der Waals surface area contributed by atoms with E-state index in [4.69, 9.17) is 5.73 Å². The molecule has 0 aromatic heterocycles. The van der Waals surface area contributed by atoms with Crippen molar-refractivity contribution in [1.29, 1.82) is 0 Å². The first-order valence-electron chi connectivity index (χ1n) is 9.14. The molecule has 1 heterocycles. The predicted octanol–water partition coefficient (Wildman–Crippen LogP) is 3.54. The summed E-state index contributed by atoms with van der Waals surface area (Å²) in [6, 6.07) is 5.77. The molecule has 2 N–H and O–H groups in total. The number of anilines is 1. The Hall–Kier alpha value is -1.13. The van der Waals surface area contributed by atoms with Crippen LogP contribution in [0.4, 0.5) is 10.1 Å². The third kappa shape index (κ3) is 5.47. The van der Waals surface area contributed by atoms with E-state index in [0.717, 1.165) is 50.7 Å². The van der Waals surface area contributed by atoms with Crippen molar-refractivity contribution >= 4 is 5.69 Å². The molecule has 1 aromatic rings. The first-order valence-corrected chi connectivity index (χ1v) is 9.14. The highest BCUT2D eigenvalue weighted by atomic mass is 19.1. The lowest BCUT2D eigenvalue weighted by Crippen LogP contribution is -2.50. The lowest BCUT2D eigenvalue weighted by molar-refractivity contribution is 0.0897. The topological polar surface area (TPSA) is 32.5 Å². The zero-order valence-electron chi connectivity index (χ0n) is 14.7. The zero-order valence-corrected chi connectivity index (χ0v) is 14.7. The average Bonchev–Trinajstić information content (AvgIpc) is 2.56. The Kier molecular flexibility index (Phi) is 7.31. The fraction of sp³-hybridized carbons (Fsp3) is 0.684. The maximum atomic E-state index is 13.8. The van der Waals surface area contributed by atoms with Crippen molar-refractivity contribution in [3.63, 3.8) is 0 Å². The van der Waals surface area contributed by atoms with E-state index in [1.807, 2.05) is 6.07 Å². The van der Waals surface area contributed by atoms with Crippen LogP contribution in [0.25, 0.3) is 0 Å². The molecule has 0 radical (unpaired) electrons. The van der Waals surface area contributed by atoms with E-state index in [9.17, 15) is 4.39 Å². The van der Waals surface area contributed by atoms with Crippen molar-refractivity contribution in [2.75, 3.05) is 38.5 Å². The molecule has 0 spiro atoms. The Labute approximate surface area is 140 Å². The normalized spacial score (nSPS) is 18.2. The Balaban J connectivity index is 1.76. The molecule has 1 aliphatic rings.